The normalized spacial score (nSPS) is 22.6. The van der Waals surface area contributed by atoms with Crippen LogP contribution in [0.15, 0.2) is 66.2 Å². The lowest BCUT2D eigenvalue weighted by atomic mass is 9.96. The Morgan fingerprint density at radius 3 is 2.50 bits per heavy atom. The van der Waals surface area contributed by atoms with Crippen LogP contribution in [-0.2, 0) is 0 Å². The Kier molecular flexibility index (Phi) is 3.72. The molecule has 22 heavy (non-hydrogen) atoms. The molecule has 2 unspecified atom stereocenters. The minimum Gasteiger partial charge on any atom is -0.493 e. The van der Waals surface area contributed by atoms with Gasteiger partial charge in [0.15, 0.2) is 0 Å². The Hall–Kier alpha value is -2.02. The zero-order valence-corrected chi connectivity index (χ0v) is 12.9. The molecule has 0 spiro atoms. The maximum absolute atomic E-state index is 6.12. The van der Waals surface area contributed by atoms with Crippen molar-refractivity contribution in [3.05, 3.63) is 66.2 Å². The molecule has 2 aliphatic carbocycles. The lowest BCUT2D eigenvalue weighted by Gasteiger charge is -2.15. The van der Waals surface area contributed by atoms with Gasteiger partial charge in [-0.25, -0.2) is 0 Å². The molecule has 2 aliphatic rings. The van der Waals surface area contributed by atoms with E-state index in [1.54, 1.807) is 5.57 Å². The summed E-state index contributed by atoms with van der Waals surface area (Å²) < 4.78 is 6.12. The van der Waals surface area contributed by atoms with Gasteiger partial charge in [0.1, 0.15) is 5.75 Å². The lowest BCUT2D eigenvalue weighted by Crippen LogP contribution is -2.04. The van der Waals surface area contributed by atoms with Crippen molar-refractivity contribution in [3.8, 4) is 16.9 Å². The van der Waals surface area contributed by atoms with E-state index in [1.165, 1.54) is 30.4 Å². The minimum atomic E-state index is 0.791. The highest BCUT2D eigenvalue weighted by Crippen LogP contribution is 2.44. The minimum absolute atomic E-state index is 0.791. The number of ether oxygens (including phenoxy) is 1. The van der Waals surface area contributed by atoms with E-state index in [0.29, 0.717) is 0 Å². The second kappa shape index (κ2) is 6.00. The topological polar surface area (TPSA) is 9.23 Å². The first-order valence-corrected chi connectivity index (χ1v) is 8.38. The van der Waals surface area contributed by atoms with Gasteiger partial charge in [0.05, 0.1) is 6.61 Å². The molecule has 2 aromatic carbocycles. The van der Waals surface area contributed by atoms with Crippen LogP contribution >= 0.6 is 0 Å². The highest BCUT2D eigenvalue weighted by molar-refractivity contribution is 5.70. The first kappa shape index (κ1) is 13.6. The van der Waals surface area contributed by atoms with Gasteiger partial charge in [-0.1, -0.05) is 60.2 Å². The van der Waals surface area contributed by atoms with Crippen LogP contribution in [0.2, 0.25) is 0 Å². The van der Waals surface area contributed by atoms with Crippen LogP contribution in [0.1, 0.15) is 25.7 Å². The van der Waals surface area contributed by atoms with Crippen molar-refractivity contribution in [3.63, 3.8) is 0 Å². The van der Waals surface area contributed by atoms with Crippen LogP contribution in [0.4, 0.5) is 0 Å². The van der Waals surface area contributed by atoms with E-state index in [4.69, 9.17) is 4.74 Å². The number of fused-ring (bicyclic) bond motifs is 2. The monoisotopic (exact) mass is 290 g/mol. The summed E-state index contributed by atoms with van der Waals surface area (Å²) in [6, 6.07) is 18.8. The average Bonchev–Trinajstić information content (AvgIpc) is 3.19. The zero-order chi connectivity index (χ0) is 14.8. The fourth-order valence-corrected chi connectivity index (χ4v) is 3.96. The molecule has 0 amide bonds. The SMILES string of the molecule is C1=C(CCOc2ccccc2-c2ccccc2)C2CCC1C2. The lowest BCUT2D eigenvalue weighted by molar-refractivity contribution is 0.318. The standard InChI is InChI=1S/C21H22O/c1-2-6-17(7-3-1)20-8-4-5-9-21(20)22-13-12-19-15-16-10-11-18(19)14-16/h1-9,15-16,18H,10-14H2. The summed E-state index contributed by atoms with van der Waals surface area (Å²) in [6.45, 7) is 0.791. The second-order valence-corrected chi connectivity index (χ2v) is 6.47. The number of rotatable bonds is 5. The largest absolute Gasteiger partial charge is 0.493 e. The molecule has 2 atom stereocenters. The molecule has 0 N–H and O–H groups in total. The van der Waals surface area contributed by atoms with Gasteiger partial charge in [0.2, 0.25) is 0 Å². The highest BCUT2D eigenvalue weighted by atomic mass is 16.5. The van der Waals surface area contributed by atoms with Crippen LogP contribution in [0.3, 0.4) is 0 Å². The smallest absolute Gasteiger partial charge is 0.127 e. The third-order valence-electron chi connectivity index (χ3n) is 5.07. The predicted octanol–water partition coefficient (Wildman–Crippen LogP) is 5.48. The summed E-state index contributed by atoms with van der Waals surface area (Å²) in [5.74, 6) is 2.73. The number of hydrogen-bond acceptors (Lipinski definition) is 1. The van der Waals surface area contributed by atoms with Crippen molar-refractivity contribution in [2.45, 2.75) is 25.7 Å². The molecule has 0 aromatic heterocycles. The van der Waals surface area contributed by atoms with Crippen molar-refractivity contribution >= 4 is 0 Å². The van der Waals surface area contributed by atoms with Gasteiger partial charge >= 0.3 is 0 Å². The maximum atomic E-state index is 6.12. The van der Waals surface area contributed by atoms with Crippen molar-refractivity contribution in [1.29, 1.82) is 0 Å². The van der Waals surface area contributed by atoms with Gasteiger partial charge in [-0.15, -0.1) is 0 Å². The molecule has 1 fully saturated rings. The van der Waals surface area contributed by atoms with Crippen molar-refractivity contribution in [2.24, 2.45) is 11.8 Å². The third kappa shape index (κ3) is 2.68. The van der Waals surface area contributed by atoms with Gasteiger partial charge < -0.3 is 4.74 Å². The molecule has 0 heterocycles. The second-order valence-electron chi connectivity index (χ2n) is 6.47. The van der Waals surface area contributed by atoms with Gasteiger partial charge in [-0.2, -0.15) is 0 Å². The fourth-order valence-electron chi connectivity index (χ4n) is 3.96. The predicted molar refractivity (Wildman–Crippen MR) is 90.9 cm³/mol. The van der Waals surface area contributed by atoms with E-state index in [9.17, 15) is 0 Å². The first-order valence-electron chi connectivity index (χ1n) is 8.38. The summed E-state index contributed by atoms with van der Waals surface area (Å²) in [6.07, 6.45) is 7.81. The van der Waals surface area contributed by atoms with E-state index in [2.05, 4.69) is 60.7 Å². The molecule has 0 radical (unpaired) electrons. The summed E-state index contributed by atoms with van der Waals surface area (Å²) >= 11 is 0. The van der Waals surface area contributed by atoms with Crippen LogP contribution in [0.5, 0.6) is 5.75 Å². The van der Waals surface area contributed by atoms with E-state index in [-0.39, 0.29) is 0 Å². The Bertz CT molecular complexity index is 671. The third-order valence-corrected chi connectivity index (χ3v) is 5.07. The Morgan fingerprint density at radius 1 is 0.909 bits per heavy atom. The highest BCUT2D eigenvalue weighted by Gasteiger charge is 2.32. The summed E-state index contributed by atoms with van der Waals surface area (Å²) in [7, 11) is 0. The Balaban J connectivity index is 1.44. The number of allylic oxidation sites excluding steroid dienone is 1. The number of hydrogen-bond donors (Lipinski definition) is 0. The van der Waals surface area contributed by atoms with Crippen LogP contribution in [0, 0.1) is 11.8 Å². The van der Waals surface area contributed by atoms with Crippen molar-refractivity contribution < 1.29 is 4.74 Å². The summed E-state index contributed by atoms with van der Waals surface area (Å²) in [5, 5.41) is 0. The molecule has 4 rings (SSSR count). The maximum Gasteiger partial charge on any atom is 0.127 e. The van der Waals surface area contributed by atoms with E-state index < -0.39 is 0 Å². The molecule has 2 bridgehead atoms. The van der Waals surface area contributed by atoms with Crippen molar-refractivity contribution in [2.75, 3.05) is 6.61 Å². The Morgan fingerprint density at radius 2 is 1.73 bits per heavy atom. The summed E-state index contributed by atoms with van der Waals surface area (Å²) in [4.78, 5) is 0. The molecule has 1 nitrogen and oxygen atoms in total. The molecule has 0 saturated heterocycles. The molecule has 1 saturated carbocycles. The zero-order valence-electron chi connectivity index (χ0n) is 12.9. The fraction of sp³-hybridized carbons (Fsp3) is 0.333. The van der Waals surface area contributed by atoms with Crippen LogP contribution in [-0.4, -0.2) is 6.61 Å². The van der Waals surface area contributed by atoms with Crippen LogP contribution in [0.25, 0.3) is 11.1 Å². The number of benzene rings is 2. The molecule has 1 heteroatoms. The first-order chi connectivity index (χ1) is 10.9. The van der Waals surface area contributed by atoms with Crippen LogP contribution < -0.4 is 4.74 Å². The van der Waals surface area contributed by atoms with Gasteiger partial charge in [0, 0.05) is 12.0 Å². The van der Waals surface area contributed by atoms with Gasteiger partial charge in [-0.05, 0) is 42.7 Å². The van der Waals surface area contributed by atoms with E-state index >= 15 is 0 Å². The van der Waals surface area contributed by atoms with E-state index in [1.807, 2.05) is 0 Å². The number of para-hydroxylation sites is 1. The van der Waals surface area contributed by atoms with Gasteiger partial charge in [-0.3, -0.25) is 0 Å². The Labute approximate surface area is 132 Å². The molecule has 2 aromatic rings. The molecular weight excluding hydrogens is 268 g/mol. The average molecular weight is 290 g/mol. The molecular formula is C21H22O. The van der Waals surface area contributed by atoms with E-state index in [0.717, 1.165) is 30.6 Å². The molecule has 112 valence electrons. The van der Waals surface area contributed by atoms with Gasteiger partial charge in [0.25, 0.3) is 0 Å². The summed E-state index contributed by atoms with van der Waals surface area (Å²) in [5.41, 5.74) is 4.05. The van der Waals surface area contributed by atoms with Crippen molar-refractivity contribution in [1.82, 2.24) is 0 Å². The molecule has 0 aliphatic heterocycles. The quantitative estimate of drug-likeness (QED) is 0.663.